The number of rotatable bonds is 8. The van der Waals surface area contributed by atoms with Crippen LogP contribution >= 0.6 is 0 Å². The van der Waals surface area contributed by atoms with Crippen LogP contribution in [0.1, 0.15) is 6.92 Å². The molecule has 1 heterocycles. The minimum atomic E-state index is -3.66. The molecule has 0 aliphatic heterocycles. The maximum Gasteiger partial charge on any atom is 0.261 e. The number of anilines is 2. The molecule has 0 fully saturated rings. The fourth-order valence-electron chi connectivity index (χ4n) is 1.83. The maximum atomic E-state index is 12.3. The summed E-state index contributed by atoms with van der Waals surface area (Å²) in [4.78, 5) is 4.29. The van der Waals surface area contributed by atoms with E-state index in [1.807, 2.05) is 6.92 Å². The minimum absolute atomic E-state index is 0.162. The van der Waals surface area contributed by atoms with Crippen LogP contribution in [0.4, 0.5) is 11.5 Å². The maximum absolute atomic E-state index is 12.3. The molecular formula is C16H19N3O3S. The molecule has 122 valence electrons. The van der Waals surface area contributed by atoms with Crippen molar-refractivity contribution in [1.82, 2.24) is 4.98 Å². The number of nitrogens with one attached hydrogen (secondary N) is 2. The Morgan fingerprint density at radius 3 is 2.52 bits per heavy atom. The molecular weight excluding hydrogens is 314 g/mol. The molecule has 0 saturated carbocycles. The van der Waals surface area contributed by atoms with E-state index in [0.717, 1.165) is 0 Å². The van der Waals surface area contributed by atoms with Crippen molar-refractivity contribution < 1.29 is 13.2 Å². The molecule has 23 heavy (non-hydrogen) atoms. The number of pyridine rings is 1. The standard InChI is InChI=1S/C16H19N3O3S/c1-3-11-17-16-10-5-13(12-18-16)19-23(20,21)15-8-6-14(7-9-15)22-4-2/h3,5-10,12,19H,1,4,11H2,2H3,(H,17,18). The molecule has 2 rings (SSSR count). The molecule has 0 amide bonds. The number of ether oxygens (including phenoxy) is 1. The van der Waals surface area contributed by atoms with E-state index in [4.69, 9.17) is 4.74 Å². The van der Waals surface area contributed by atoms with Gasteiger partial charge in [-0.25, -0.2) is 13.4 Å². The van der Waals surface area contributed by atoms with E-state index in [2.05, 4.69) is 21.6 Å². The third kappa shape index (κ3) is 4.72. The van der Waals surface area contributed by atoms with E-state index in [0.29, 0.717) is 30.4 Å². The first-order valence-corrected chi connectivity index (χ1v) is 8.60. The lowest BCUT2D eigenvalue weighted by Crippen LogP contribution is -2.13. The highest BCUT2D eigenvalue weighted by Crippen LogP contribution is 2.19. The SMILES string of the molecule is C=CCNc1ccc(NS(=O)(=O)c2ccc(OCC)cc2)cn1. The van der Waals surface area contributed by atoms with E-state index in [1.165, 1.54) is 18.3 Å². The normalized spacial score (nSPS) is 10.8. The van der Waals surface area contributed by atoms with Crippen molar-refractivity contribution in [1.29, 1.82) is 0 Å². The van der Waals surface area contributed by atoms with Crippen molar-refractivity contribution in [2.75, 3.05) is 23.2 Å². The van der Waals surface area contributed by atoms with Gasteiger partial charge in [-0.2, -0.15) is 0 Å². The molecule has 6 nitrogen and oxygen atoms in total. The van der Waals surface area contributed by atoms with Gasteiger partial charge in [0, 0.05) is 6.54 Å². The first-order valence-electron chi connectivity index (χ1n) is 7.11. The minimum Gasteiger partial charge on any atom is -0.494 e. The smallest absolute Gasteiger partial charge is 0.261 e. The molecule has 0 unspecified atom stereocenters. The van der Waals surface area contributed by atoms with Crippen LogP contribution in [0.2, 0.25) is 0 Å². The Hall–Kier alpha value is -2.54. The molecule has 0 spiro atoms. The average Bonchev–Trinajstić information content (AvgIpc) is 2.55. The van der Waals surface area contributed by atoms with Crippen LogP contribution in [0, 0.1) is 0 Å². The highest BCUT2D eigenvalue weighted by atomic mass is 32.2. The summed E-state index contributed by atoms with van der Waals surface area (Å²) in [5, 5.41) is 3.01. The predicted molar refractivity (Wildman–Crippen MR) is 91.3 cm³/mol. The van der Waals surface area contributed by atoms with E-state index in [1.54, 1.807) is 30.3 Å². The molecule has 7 heteroatoms. The van der Waals surface area contributed by atoms with Crippen LogP contribution in [0.25, 0.3) is 0 Å². The van der Waals surface area contributed by atoms with E-state index in [9.17, 15) is 8.42 Å². The molecule has 1 aromatic heterocycles. The summed E-state index contributed by atoms with van der Waals surface area (Å²) in [6, 6.07) is 9.59. The van der Waals surface area contributed by atoms with Gasteiger partial charge in [-0.3, -0.25) is 4.72 Å². The van der Waals surface area contributed by atoms with Crippen molar-refractivity contribution in [3.05, 3.63) is 55.3 Å². The second-order valence-corrected chi connectivity index (χ2v) is 6.29. The Morgan fingerprint density at radius 2 is 1.96 bits per heavy atom. The summed E-state index contributed by atoms with van der Waals surface area (Å²) in [5.41, 5.74) is 0.392. The molecule has 0 saturated heterocycles. The topological polar surface area (TPSA) is 80.3 Å². The molecule has 2 aromatic rings. The first kappa shape index (κ1) is 16.8. The van der Waals surface area contributed by atoms with Gasteiger partial charge < -0.3 is 10.1 Å². The largest absolute Gasteiger partial charge is 0.494 e. The Labute approximate surface area is 136 Å². The summed E-state index contributed by atoms with van der Waals surface area (Å²) in [6.07, 6.45) is 3.17. The number of sulfonamides is 1. The zero-order chi connectivity index (χ0) is 16.7. The van der Waals surface area contributed by atoms with Crippen molar-refractivity contribution in [2.45, 2.75) is 11.8 Å². The second kappa shape index (κ2) is 7.64. The molecule has 0 bridgehead atoms. The van der Waals surface area contributed by atoms with Gasteiger partial charge >= 0.3 is 0 Å². The summed E-state index contributed by atoms with van der Waals surface area (Å²) in [7, 11) is -3.66. The molecule has 0 atom stereocenters. The average molecular weight is 333 g/mol. The second-order valence-electron chi connectivity index (χ2n) is 4.61. The van der Waals surface area contributed by atoms with Crippen LogP contribution < -0.4 is 14.8 Å². The highest BCUT2D eigenvalue weighted by molar-refractivity contribution is 7.92. The number of hydrogen-bond acceptors (Lipinski definition) is 5. The quantitative estimate of drug-likeness (QED) is 0.726. The number of nitrogens with zero attached hydrogens (tertiary/aromatic N) is 1. The Morgan fingerprint density at radius 1 is 1.22 bits per heavy atom. The van der Waals surface area contributed by atoms with E-state index in [-0.39, 0.29) is 4.90 Å². The van der Waals surface area contributed by atoms with Gasteiger partial charge in [0.15, 0.2) is 0 Å². The van der Waals surface area contributed by atoms with Crippen LogP contribution in [0.5, 0.6) is 5.75 Å². The van der Waals surface area contributed by atoms with Crippen LogP contribution in [0.3, 0.4) is 0 Å². The number of benzene rings is 1. The van der Waals surface area contributed by atoms with Gasteiger partial charge in [0.1, 0.15) is 11.6 Å². The van der Waals surface area contributed by atoms with Gasteiger partial charge in [0.05, 0.1) is 23.4 Å². The summed E-state index contributed by atoms with van der Waals surface area (Å²) in [5.74, 6) is 1.28. The van der Waals surface area contributed by atoms with E-state index < -0.39 is 10.0 Å². The number of hydrogen-bond donors (Lipinski definition) is 2. The summed E-state index contributed by atoms with van der Waals surface area (Å²) in [6.45, 7) is 6.59. The molecule has 0 radical (unpaired) electrons. The molecule has 0 aliphatic rings. The predicted octanol–water partition coefficient (Wildman–Crippen LogP) is 2.88. The molecule has 0 aliphatic carbocycles. The summed E-state index contributed by atoms with van der Waals surface area (Å²) >= 11 is 0. The van der Waals surface area contributed by atoms with Crippen LogP contribution in [0.15, 0.2) is 60.1 Å². The Bertz CT molecular complexity index is 741. The van der Waals surface area contributed by atoms with Crippen LogP contribution in [-0.4, -0.2) is 26.6 Å². The van der Waals surface area contributed by atoms with Gasteiger partial charge in [0.2, 0.25) is 0 Å². The zero-order valence-electron chi connectivity index (χ0n) is 12.8. The van der Waals surface area contributed by atoms with E-state index >= 15 is 0 Å². The Balaban J connectivity index is 2.09. The first-order chi connectivity index (χ1) is 11.0. The monoisotopic (exact) mass is 333 g/mol. The van der Waals surface area contributed by atoms with Crippen molar-refractivity contribution in [3.8, 4) is 5.75 Å². The fraction of sp³-hybridized carbons (Fsp3) is 0.188. The third-order valence-electron chi connectivity index (χ3n) is 2.89. The van der Waals surface area contributed by atoms with Crippen molar-refractivity contribution >= 4 is 21.5 Å². The molecule has 2 N–H and O–H groups in total. The lowest BCUT2D eigenvalue weighted by atomic mass is 10.3. The lowest BCUT2D eigenvalue weighted by molar-refractivity contribution is 0.340. The van der Waals surface area contributed by atoms with Gasteiger partial charge in [-0.15, -0.1) is 6.58 Å². The van der Waals surface area contributed by atoms with Gasteiger partial charge in [0.25, 0.3) is 10.0 Å². The van der Waals surface area contributed by atoms with Crippen molar-refractivity contribution in [3.63, 3.8) is 0 Å². The zero-order valence-corrected chi connectivity index (χ0v) is 13.6. The summed E-state index contributed by atoms with van der Waals surface area (Å²) < 4.78 is 32.4. The van der Waals surface area contributed by atoms with Gasteiger partial charge in [-0.05, 0) is 43.3 Å². The van der Waals surface area contributed by atoms with Crippen molar-refractivity contribution in [2.24, 2.45) is 0 Å². The van der Waals surface area contributed by atoms with Crippen LogP contribution in [-0.2, 0) is 10.0 Å². The highest BCUT2D eigenvalue weighted by Gasteiger charge is 2.14. The Kier molecular flexibility index (Phi) is 5.59. The number of aromatic nitrogens is 1. The fourth-order valence-corrected chi connectivity index (χ4v) is 2.87. The van der Waals surface area contributed by atoms with Gasteiger partial charge in [-0.1, -0.05) is 6.08 Å². The third-order valence-corrected chi connectivity index (χ3v) is 4.29. The molecule has 1 aromatic carbocycles. The lowest BCUT2D eigenvalue weighted by Gasteiger charge is -2.09.